The number of halogens is 2. The highest BCUT2D eigenvalue weighted by molar-refractivity contribution is 5.80. The molecule has 1 amide bonds. The number of nitrogens with zero attached hydrogens (tertiary/aromatic N) is 1. The van der Waals surface area contributed by atoms with Gasteiger partial charge < -0.3 is 14.4 Å². The Kier molecular flexibility index (Phi) is 4.42. The summed E-state index contributed by atoms with van der Waals surface area (Å²) in [5.41, 5.74) is 0.189. The van der Waals surface area contributed by atoms with Crippen LogP contribution in [0.25, 0.3) is 0 Å². The van der Waals surface area contributed by atoms with Crippen LogP contribution in [0.5, 0.6) is 0 Å². The van der Waals surface area contributed by atoms with Gasteiger partial charge in [-0.2, -0.15) is 0 Å². The highest BCUT2D eigenvalue weighted by atomic mass is 19.3. The Morgan fingerprint density at radius 3 is 2.55 bits per heavy atom. The van der Waals surface area contributed by atoms with Crippen molar-refractivity contribution in [1.29, 1.82) is 0 Å². The lowest BCUT2D eigenvalue weighted by Crippen LogP contribution is -2.53. The Bertz CT molecular complexity index is 412. The molecule has 22 heavy (non-hydrogen) atoms. The highest BCUT2D eigenvalue weighted by Crippen LogP contribution is 2.47. The summed E-state index contributed by atoms with van der Waals surface area (Å²) in [5, 5.41) is 0. The van der Waals surface area contributed by atoms with Gasteiger partial charge in [0, 0.05) is 51.5 Å². The summed E-state index contributed by atoms with van der Waals surface area (Å²) in [6.45, 7) is 3.53. The number of rotatable bonds is 3. The Labute approximate surface area is 130 Å². The average molecular weight is 317 g/mol. The molecule has 1 aliphatic carbocycles. The van der Waals surface area contributed by atoms with Crippen LogP contribution in [0, 0.1) is 17.3 Å². The first-order chi connectivity index (χ1) is 10.5. The minimum absolute atomic E-state index is 0.0730. The monoisotopic (exact) mass is 317 g/mol. The summed E-state index contributed by atoms with van der Waals surface area (Å²) in [6, 6.07) is 0. The van der Waals surface area contributed by atoms with Gasteiger partial charge >= 0.3 is 0 Å². The summed E-state index contributed by atoms with van der Waals surface area (Å²) >= 11 is 0. The number of hydrogen-bond donors (Lipinski definition) is 0. The minimum Gasteiger partial charge on any atom is -0.384 e. The molecule has 0 radical (unpaired) electrons. The van der Waals surface area contributed by atoms with Crippen LogP contribution >= 0.6 is 0 Å². The van der Waals surface area contributed by atoms with Crippen molar-refractivity contribution in [3.63, 3.8) is 0 Å². The molecule has 3 rings (SSSR count). The molecule has 3 fully saturated rings. The zero-order chi connectivity index (χ0) is 15.8. The van der Waals surface area contributed by atoms with Gasteiger partial charge in [0.1, 0.15) is 0 Å². The Hall–Kier alpha value is -0.750. The van der Waals surface area contributed by atoms with Crippen molar-refractivity contribution in [1.82, 2.24) is 4.90 Å². The lowest BCUT2D eigenvalue weighted by atomic mass is 9.66. The molecule has 1 atom stereocenters. The van der Waals surface area contributed by atoms with Gasteiger partial charge in [-0.3, -0.25) is 4.79 Å². The van der Waals surface area contributed by atoms with Gasteiger partial charge in [-0.1, -0.05) is 0 Å². The maximum atomic E-state index is 12.9. The Morgan fingerprint density at radius 2 is 1.95 bits per heavy atom. The van der Waals surface area contributed by atoms with Gasteiger partial charge in [-0.05, 0) is 24.7 Å². The van der Waals surface area contributed by atoms with Gasteiger partial charge in [0.2, 0.25) is 11.8 Å². The molecule has 1 spiro atoms. The fraction of sp³-hybridized carbons (Fsp3) is 0.938. The number of carbonyl (C=O) groups is 1. The van der Waals surface area contributed by atoms with Crippen LogP contribution in [0.2, 0.25) is 0 Å². The zero-order valence-corrected chi connectivity index (χ0v) is 13.2. The van der Waals surface area contributed by atoms with Gasteiger partial charge in [0.15, 0.2) is 0 Å². The summed E-state index contributed by atoms with van der Waals surface area (Å²) in [4.78, 5) is 14.1. The number of alkyl halides is 2. The Balaban J connectivity index is 1.56. The van der Waals surface area contributed by atoms with Crippen molar-refractivity contribution in [3.05, 3.63) is 0 Å². The van der Waals surface area contributed by atoms with E-state index in [1.807, 2.05) is 0 Å². The number of ether oxygens (including phenoxy) is 2. The third kappa shape index (κ3) is 3.00. The molecule has 4 nitrogen and oxygen atoms in total. The molecule has 0 aromatic carbocycles. The largest absolute Gasteiger partial charge is 0.384 e. The second-order valence-corrected chi connectivity index (χ2v) is 7.13. The molecular weight excluding hydrogens is 292 g/mol. The molecule has 0 aromatic rings. The van der Waals surface area contributed by atoms with E-state index in [9.17, 15) is 13.6 Å². The first-order valence-corrected chi connectivity index (χ1v) is 8.19. The second-order valence-electron chi connectivity index (χ2n) is 7.13. The smallest absolute Gasteiger partial charge is 0.249 e. The van der Waals surface area contributed by atoms with E-state index in [1.165, 1.54) is 0 Å². The van der Waals surface area contributed by atoms with E-state index in [4.69, 9.17) is 9.47 Å². The number of carbonyl (C=O) groups excluding carboxylic acids is 1. The number of piperidine rings is 1. The van der Waals surface area contributed by atoms with E-state index < -0.39 is 11.8 Å². The van der Waals surface area contributed by atoms with Crippen molar-refractivity contribution in [2.45, 2.75) is 38.0 Å². The van der Waals surface area contributed by atoms with Gasteiger partial charge in [-0.25, -0.2) is 8.78 Å². The second kappa shape index (κ2) is 6.04. The molecule has 6 heteroatoms. The fourth-order valence-corrected chi connectivity index (χ4v) is 4.23. The molecule has 0 bridgehead atoms. The summed E-state index contributed by atoms with van der Waals surface area (Å²) in [5.74, 6) is -2.79. The van der Waals surface area contributed by atoms with E-state index >= 15 is 0 Å². The predicted molar refractivity (Wildman–Crippen MR) is 76.7 cm³/mol. The molecule has 126 valence electrons. The summed E-state index contributed by atoms with van der Waals surface area (Å²) in [7, 11) is 1.71. The predicted octanol–water partition coefficient (Wildman–Crippen LogP) is 2.32. The first kappa shape index (κ1) is 16.1. The zero-order valence-electron chi connectivity index (χ0n) is 13.2. The highest BCUT2D eigenvalue weighted by Gasteiger charge is 2.51. The standard InChI is InChI=1S/C16H25F2NO3/c1-21-10-13-11-22-7-4-15(13)2-5-19(6-3-15)14(20)12-8-16(17,18)9-12/h12-13H,2-11H2,1H3/t13-/m1/s1. The number of methoxy groups -OCH3 is 1. The minimum atomic E-state index is -2.62. The van der Waals surface area contributed by atoms with Gasteiger partial charge in [-0.15, -0.1) is 0 Å². The van der Waals surface area contributed by atoms with E-state index in [0.29, 0.717) is 25.6 Å². The SMILES string of the molecule is COC[C@@H]1COCCC12CCN(C(=O)C1CC(F)(F)C1)CC2. The molecule has 2 heterocycles. The molecule has 0 N–H and O–H groups in total. The fourth-order valence-electron chi connectivity index (χ4n) is 4.23. The molecule has 3 aliphatic rings. The van der Waals surface area contributed by atoms with Crippen molar-refractivity contribution >= 4 is 5.91 Å². The lowest BCUT2D eigenvalue weighted by molar-refractivity contribution is -0.164. The van der Waals surface area contributed by atoms with Crippen molar-refractivity contribution in [2.75, 3.05) is 40.0 Å². The van der Waals surface area contributed by atoms with Crippen LogP contribution in [0.4, 0.5) is 8.78 Å². The van der Waals surface area contributed by atoms with Crippen LogP contribution < -0.4 is 0 Å². The normalized spacial score (nSPS) is 31.0. The van der Waals surface area contributed by atoms with E-state index in [-0.39, 0.29) is 24.2 Å². The van der Waals surface area contributed by atoms with Gasteiger partial charge in [0.25, 0.3) is 0 Å². The van der Waals surface area contributed by atoms with E-state index in [0.717, 1.165) is 32.5 Å². The quantitative estimate of drug-likeness (QED) is 0.802. The van der Waals surface area contributed by atoms with Gasteiger partial charge in [0.05, 0.1) is 13.2 Å². The van der Waals surface area contributed by atoms with Crippen LogP contribution in [-0.4, -0.2) is 56.7 Å². The topological polar surface area (TPSA) is 38.8 Å². The van der Waals surface area contributed by atoms with E-state index in [1.54, 1.807) is 12.0 Å². The molecule has 0 aromatic heterocycles. The first-order valence-electron chi connectivity index (χ1n) is 8.19. The van der Waals surface area contributed by atoms with Crippen LogP contribution in [0.15, 0.2) is 0 Å². The summed E-state index contributed by atoms with van der Waals surface area (Å²) in [6.07, 6.45) is 2.32. The molecule has 2 saturated heterocycles. The maximum Gasteiger partial charge on any atom is 0.249 e. The molecular formula is C16H25F2NO3. The number of hydrogen-bond acceptors (Lipinski definition) is 3. The van der Waals surface area contributed by atoms with Crippen LogP contribution in [-0.2, 0) is 14.3 Å². The molecule has 0 unspecified atom stereocenters. The van der Waals surface area contributed by atoms with E-state index in [2.05, 4.69) is 0 Å². The van der Waals surface area contributed by atoms with Crippen LogP contribution in [0.1, 0.15) is 32.1 Å². The number of amides is 1. The van der Waals surface area contributed by atoms with Crippen molar-refractivity contribution in [2.24, 2.45) is 17.3 Å². The number of likely N-dealkylation sites (tertiary alicyclic amines) is 1. The molecule has 1 saturated carbocycles. The van der Waals surface area contributed by atoms with Crippen molar-refractivity contribution < 1.29 is 23.0 Å². The Morgan fingerprint density at radius 1 is 1.27 bits per heavy atom. The third-order valence-corrected chi connectivity index (χ3v) is 5.81. The van der Waals surface area contributed by atoms with Crippen LogP contribution in [0.3, 0.4) is 0 Å². The summed E-state index contributed by atoms with van der Waals surface area (Å²) < 4.78 is 36.8. The maximum absolute atomic E-state index is 12.9. The van der Waals surface area contributed by atoms with Crippen molar-refractivity contribution in [3.8, 4) is 0 Å². The lowest BCUT2D eigenvalue weighted by Gasteiger charge is -2.49. The molecule has 2 aliphatic heterocycles. The average Bonchev–Trinajstić information content (AvgIpc) is 2.48. The third-order valence-electron chi connectivity index (χ3n) is 5.81.